The number of hydrogen-bond donors (Lipinski definition) is 2. The predicted molar refractivity (Wildman–Crippen MR) is 137 cm³/mol. The first kappa shape index (κ1) is 31.3. The van der Waals surface area contributed by atoms with Crippen molar-refractivity contribution < 1.29 is 28.0 Å². The molecule has 0 aromatic rings. The molecule has 192 valence electrons. The van der Waals surface area contributed by atoms with Gasteiger partial charge in [0.1, 0.15) is 6.04 Å². The highest BCUT2D eigenvalue weighted by Gasteiger charge is 2.43. The van der Waals surface area contributed by atoms with E-state index in [2.05, 4.69) is 51.1 Å². The van der Waals surface area contributed by atoms with Crippen molar-refractivity contribution in [2.75, 3.05) is 7.11 Å². The molecule has 3 atom stereocenters. The fraction of sp³-hybridized carbons (Fsp3) is 0.783. The Morgan fingerprint density at radius 1 is 0.939 bits per heavy atom. The van der Waals surface area contributed by atoms with Crippen LogP contribution in [0, 0.1) is 0 Å². The third kappa shape index (κ3) is 9.25. The molecule has 0 fully saturated rings. The van der Waals surface area contributed by atoms with E-state index < -0.39 is 52.8 Å². The Kier molecular flexibility index (Phi) is 11.1. The van der Waals surface area contributed by atoms with Crippen LogP contribution >= 0.6 is 0 Å². The Hall–Kier alpha value is -1.66. The average Bonchev–Trinajstić information content (AvgIpc) is 2.62. The summed E-state index contributed by atoms with van der Waals surface area (Å²) >= 11 is 0. The molecule has 0 aromatic carbocycles. The summed E-state index contributed by atoms with van der Waals surface area (Å²) in [7, 11) is -3.32. The standard InChI is InChI=1S/C23H46N2O6Si2/c1-14-15-17(24-21(28)31-33(12,13)23(6,7)8)19(26)25-18(20(27)29-9)16(2)30-32(10,11)22(3,4)5/h14,16-18H,1,15H2,2-13H3,(H,24,28)(H,25,26)/t16-,17+,18+/m1/s1. The number of nitrogens with one attached hydrogen (secondary N) is 2. The maximum absolute atomic E-state index is 13.1. The number of carbonyl (C=O) groups is 3. The van der Waals surface area contributed by atoms with E-state index >= 15 is 0 Å². The Morgan fingerprint density at radius 2 is 1.42 bits per heavy atom. The SMILES string of the molecule is C=CC[C@H](NC(=O)O[Si](C)(C)C(C)(C)C)C(=O)N[C@H](C(=O)OC)[C@@H](C)O[Si](C)(C)C(C)(C)C. The number of methoxy groups -OCH3 is 1. The summed E-state index contributed by atoms with van der Waals surface area (Å²) in [6.45, 7) is 25.8. The molecule has 0 heterocycles. The van der Waals surface area contributed by atoms with Gasteiger partial charge in [0, 0.05) is 0 Å². The molecule has 10 heteroatoms. The molecule has 0 aliphatic carbocycles. The lowest BCUT2D eigenvalue weighted by Crippen LogP contribution is -2.58. The summed E-state index contributed by atoms with van der Waals surface area (Å²) < 4.78 is 16.9. The zero-order valence-corrected chi connectivity index (χ0v) is 24.7. The minimum atomic E-state index is -2.37. The van der Waals surface area contributed by atoms with Crippen LogP contribution in [-0.2, 0) is 23.2 Å². The van der Waals surface area contributed by atoms with Crippen LogP contribution in [-0.4, -0.2) is 59.9 Å². The largest absolute Gasteiger partial charge is 0.504 e. The third-order valence-electron chi connectivity index (χ3n) is 6.67. The van der Waals surface area contributed by atoms with Gasteiger partial charge in [-0.15, -0.1) is 6.58 Å². The highest BCUT2D eigenvalue weighted by atomic mass is 28.4. The highest BCUT2D eigenvalue weighted by Crippen LogP contribution is 2.38. The lowest BCUT2D eigenvalue weighted by atomic mass is 10.1. The monoisotopic (exact) mass is 502 g/mol. The number of rotatable bonds is 10. The maximum atomic E-state index is 13.1. The molecule has 0 saturated carbocycles. The van der Waals surface area contributed by atoms with Crippen molar-refractivity contribution in [1.82, 2.24) is 10.6 Å². The zero-order valence-electron chi connectivity index (χ0n) is 22.7. The molecule has 2 N–H and O–H groups in total. The van der Waals surface area contributed by atoms with Crippen molar-refractivity contribution in [2.45, 2.75) is 109 Å². The summed E-state index contributed by atoms with van der Waals surface area (Å²) in [4.78, 5) is 38.1. The minimum absolute atomic E-state index is 0.0770. The fourth-order valence-corrected chi connectivity index (χ4v) is 4.66. The van der Waals surface area contributed by atoms with E-state index in [0.29, 0.717) is 0 Å². The van der Waals surface area contributed by atoms with Crippen molar-refractivity contribution >= 4 is 34.6 Å². The first-order valence-corrected chi connectivity index (χ1v) is 17.2. The molecule has 33 heavy (non-hydrogen) atoms. The number of hydrogen-bond acceptors (Lipinski definition) is 6. The minimum Gasteiger partial charge on any atom is -0.504 e. The van der Waals surface area contributed by atoms with Crippen LogP contribution in [0.4, 0.5) is 4.79 Å². The summed E-state index contributed by atoms with van der Waals surface area (Å²) in [6, 6.07) is -1.98. The smallest absolute Gasteiger partial charge is 0.394 e. The molecule has 0 spiro atoms. The van der Waals surface area contributed by atoms with Crippen LogP contribution in [0.15, 0.2) is 12.7 Å². The van der Waals surface area contributed by atoms with Crippen LogP contribution < -0.4 is 10.6 Å². The van der Waals surface area contributed by atoms with Crippen LogP contribution in [0.25, 0.3) is 0 Å². The van der Waals surface area contributed by atoms with Gasteiger partial charge in [-0.25, -0.2) is 9.59 Å². The second-order valence-corrected chi connectivity index (χ2v) is 20.9. The second-order valence-electron chi connectivity index (χ2n) is 11.5. The first-order valence-electron chi connectivity index (χ1n) is 11.4. The Morgan fingerprint density at radius 3 is 1.82 bits per heavy atom. The van der Waals surface area contributed by atoms with E-state index in [1.807, 2.05) is 33.9 Å². The Bertz CT molecular complexity index is 711. The van der Waals surface area contributed by atoms with Gasteiger partial charge in [-0.2, -0.15) is 0 Å². The molecule has 2 amide bonds. The predicted octanol–water partition coefficient (Wildman–Crippen LogP) is 4.73. The van der Waals surface area contributed by atoms with Crippen LogP contribution in [0.5, 0.6) is 0 Å². The topological polar surface area (TPSA) is 103 Å². The summed E-state index contributed by atoms with van der Waals surface area (Å²) in [5, 5.41) is 5.08. The van der Waals surface area contributed by atoms with E-state index in [1.165, 1.54) is 13.2 Å². The van der Waals surface area contributed by atoms with E-state index in [4.69, 9.17) is 13.6 Å². The Labute approximate surface area is 202 Å². The van der Waals surface area contributed by atoms with Gasteiger partial charge >= 0.3 is 12.1 Å². The molecule has 0 bridgehead atoms. The zero-order chi connectivity index (χ0) is 26.4. The average molecular weight is 503 g/mol. The van der Waals surface area contributed by atoms with Crippen LogP contribution in [0.3, 0.4) is 0 Å². The maximum Gasteiger partial charge on any atom is 0.394 e. The van der Waals surface area contributed by atoms with Crippen LogP contribution in [0.2, 0.25) is 36.3 Å². The Balaban J connectivity index is 5.57. The molecule has 0 unspecified atom stereocenters. The molecule has 0 radical (unpaired) electrons. The molecule has 0 aliphatic rings. The van der Waals surface area contributed by atoms with Gasteiger partial charge in [0.2, 0.25) is 5.91 Å². The second kappa shape index (κ2) is 11.7. The molecule has 0 aromatic heterocycles. The van der Waals surface area contributed by atoms with Gasteiger partial charge < -0.3 is 24.2 Å². The molecule has 0 rings (SSSR count). The highest BCUT2D eigenvalue weighted by molar-refractivity contribution is 6.75. The molecular formula is C23H46N2O6Si2. The van der Waals surface area contributed by atoms with Crippen molar-refractivity contribution in [1.29, 1.82) is 0 Å². The van der Waals surface area contributed by atoms with Crippen molar-refractivity contribution in [2.24, 2.45) is 0 Å². The van der Waals surface area contributed by atoms with Gasteiger partial charge in [-0.05, 0) is 49.6 Å². The summed E-state index contributed by atoms with van der Waals surface area (Å²) in [5.74, 6) is -1.15. The lowest BCUT2D eigenvalue weighted by Gasteiger charge is -2.40. The molecular weight excluding hydrogens is 456 g/mol. The fourth-order valence-electron chi connectivity index (χ4n) is 2.41. The summed E-state index contributed by atoms with van der Waals surface area (Å²) in [6.07, 6.45) is 0.415. The first-order chi connectivity index (χ1) is 14.7. The number of carbonyl (C=O) groups excluding carboxylic acids is 3. The number of ether oxygens (including phenoxy) is 1. The molecule has 8 nitrogen and oxygen atoms in total. The van der Waals surface area contributed by atoms with Gasteiger partial charge in [-0.3, -0.25) is 4.79 Å². The summed E-state index contributed by atoms with van der Waals surface area (Å²) in [5.41, 5.74) is 0. The number of esters is 1. The molecule has 0 saturated heterocycles. The van der Waals surface area contributed by atoms with Gasteiger partial charge in [0.15, 0.2) is 14.4 Å². The normalized spacial score (nSPS) is 15.6. The third-order valence-corrected chi connectivity index (χ3v) is 15.6. The lowest BCUT2D eigenvalue weighted by molar-refractivity contribution is -0.148. The number of amides is 2. The van der Waals surface area contributed by atoms with Gasteiger partial charge in [0.25, 0.3) is 8.32 Å². The van der Waals surface area contributed by atoms with E-state index in [9.17, 15) is 14.4 Å². The van der Waals surface area contributed by atoms with Crippen molar-refractivity contribution in [3.05, 3.63) is 12.7 Å². The van der Waals surface area contributed by atoms with E-state index in [-0.39, 0.29) is 16.5 Å². The van der Waals surface area contributed by atoms with Crippen molar-refractivity contribution in [3.8, 4) is 0 Å². The van der Waals surface area contributed by atoms with E-state index in [1.54, 1.807) is 6.92 Å². The quantitative estimate of drug-likeness (QED) is 0.254. The molecule has 0 aliphatic heterocycles. The van der Waals surface area contributed by atoms with E-state index in [0.717, 1.165) is 0 Å². The van der Waals surface area contributed by atoms with Gasteiger partial charge in [-0.1, -0.05) is 47.6 Å². The van der Waals surface area contributed by atoms with Gasteiger partial charge in [0.05, 0.1) is 13.2 Å². The van der Waals surface area contributed by atoms with Crippen molar-refractivity contribution in [3.63, 3.8) is 0 Å². The van der Waals surface area contributed by atoms with Crippen LogP contribution in [0.1, 0.15) is 54.9 Å².